The summed E-state index contributed by atoms with van der Waals surface area (Å²) in [6, 6.07) is 19.5. The van der Waals surface area contributed by atoms with Crippen LogP contribution in [0.3, 0.4) is 0 Å². The van der Waals surface area contributed by atoms with Crippen LogP contribution in [-0.2, 0) is 6.42 Å². The number of hydrogen-bond acceptors (Lipinski definition) is 2. The van der Waals surface area contributed by atoms with E-state index in [0.29, 0.717) is 12.0 Å². The second kappa shape index (κ2) is 8.25. The Labute approximate surface area is 144 Å². The van der Waals surface area contributed by atoms with Gasteiger partial charge in [0.25, 0.3) is 0 Å². The molecule has 24 heavy (non-hydrogen) atoms. The van der Waals surface area contributed by atoms with E-state index in [1.54, 1.807) is 0 Å². The highest BCUT2D eigenvalue weighted by atomic mass is 16.3. The summed E-state index contributed by atoms with van der Waals surface area (Å²) in [6.07, 6.45) is 5.70. The van der Waals surface area contributed by atoms with Crippen LogP contribution in [0.25, 0.3) is 0 Å². The molecule has 2 atom stereocenters. The third-order valence-electron chi connectivity index (χ3n) is 5.24. The zero-order valence-electron chi connectivity index (χ0n) is 14.1. The Bertz CT molecular complexity index is 630. The maximum absolute atomic E-state index is 13.1. The Kier molecular flexibility index (Phi) is 5.81. The van der Waals surface area contributed by atoms with E-state index in [4.69, 9.17) is 0 Å². The number of aliphatic hydroxyl groups is 1. The minimum atomic E-state index is -0.557. The minimum absolute atomic E-state index is 0.0672. The van der Waals surface area contributed by atoms with Crippen LogP contribution in [0, 0.1) is 11.8 Å². The number of hydrogen-bond donors (Lipinski definition) is 1. The van der Waals surface area contributed by atoms with Crippen molar-refractivity contribution in [3.8, 4) is 0 Å². The smallest absolute Gasteiger partial charge is 0.168 e. The first kappa shape index (κ1) is 16.9. The first-order valence-corrected chi connectivity index (χ1v) is 9.07. The van der Waals surface area contributed by atoms with Crippen LogP contribution in [0.2, 0.25) is 0 Å². The molecule has 2 aromatic carbocycles. The Morgan fingerprint density at radius 2 is 1.50 bits per heavy atom. The third-order valence-corrected chi connectivity index (χ3v) is 5.24. The Hall–Kier alpha value is -1.93. The number of benzene rings is 2. The number of ketones is 1. The van der Waals surface area contributed by atoms with Crippen molar-refractivity contribution in [2.24, 2.45) is 11.8 Å². The first-order chi connectivity index (χ1) is 11.8. The zero-order chi connectivity index (χ0) is 16.8. The van der Waals surface area contributed by atoms with E-state index in [1.165, 1.54) is 19.3 Å². The first-order valence-electron chi connectivity index (χ1n) is 9.07. The number of Topliss-reactive ketones (excluding diaryl/α,β-unsaturated/α-hetero) is 1. The van der Waals surface area contributed by atoms with Gasteiger partial charge in [0.15, 0.2) is 5.78 Å². The van der Waals surface area contributed by atoms with Crippen molar-refractivity contribution in [1.82, 2.24) is 0 Å². The van der Waals surface area contributed by atoms with Gasteiger partial charge in [0.1, 0.15) is 0 Å². The average Bonchev–Trinajstić information content (AvgIpc) is 2.67. The summed E-state index contributed by atoms with van der Waals surface area (Å²) < 4.78 is 0. The third kappa shape index (κ3) is 4.12. The summed E-state index contributed by atoms with van der Waals surface area (Å²) in [5.41, 5.74) is 1.81. The lowest BCUT2D eigenvalue weighted by atomic mass is 9.76. The van der Waals surface area contributed by atoms with E-state index < -0.39 is 6.10 Å². The molecule has 1 aliphatic rings. The standard InChI is InChI=1S/C22H26O2/c23-21(18-12-6-2-7-13-18)20(16-17-10-4-1-5-11-17)22(24)19-14-8-3-9-15-19/h1-2,4-7,10-13,19-20,22,24H,3,8-9,14-16H2/t20-,22-/m0/s1. The highest BCUT2D eigenvalue weighted by Gasteiger charge is 2.33. The molecule has 0 heterocycles. The molecule has 0 amide bonds. The second-order valence-electron chi connectivity index (χ2n) is 6.92. The second-order valence-corrected chi connectivity index (χ2v) is 6.92. The summed E-state index contributed by atoms with van der Waals surface area (Å²) in [6.45, 7) is 0. The molecular formula is C22H26O2. The summed E-state index contributed by atoms with van der Waals surface area (Å²) in [7, 11) is 0. The molecule has 1 aliphatic carbocycles. The molecule has 0 aliphatic heterocycles. The maximum atomic E-state index is 13.1. The summed E-state index contributed by atoms with van der Waals surface area (Å²) in [4.78, 5) is 13.1. The predicted molar refractivity (Wildman–Crippen MR) is 97.0 cm³/mol. The van der Waals surface area contributed by atoms with Crippen LogP contribution < -0.4 is 0 Å². The molecule has 0 saturated heterocycles. The van der Waals surface area contributed by atoms with Crippen LogP contribution in [-0.4, -0.2) is 17.0 Å². The fourth-order valence-electron chi connectivity index (χ4n) is 3.86. The number of rotatable bonds is 6. The quantitative estimate of drug-likeness (QED) is 0.785. The van der Waals surface area contributed by atoms with Gasteiger partial charge >= 0.3 is 0 Å². The molecule has 0 radical (unpaired) electrons. The van der Waals surface area contributed by atoms with E-state index in [-0.39, 0.29) is 17.6 Å². The van der Waals surface area contributed by atoms with Crippen LogP contribution in [0.15, 0.2) is 60.7 Å². The molecule has 0 bridgehead atoms. The van der Waals surface area contributed by atoms with Crippen molar-refractivity contribution in [1.29, 1.82) is 0 Å². The Morgan fingerprint density at radius 3 is 2.12 bits per heavy atom. The molecule has 1 saturated carbocycles. The van der Waals surface area contributed by atoms with E-state index in [0.717, 1.165) is 18.4 Å². The molecule has 0 spiro atoms. The van der Waals surface area contributed by atoms with E-state index in [9.17, 15) is 9.90 Å². The molecule has 1 N–H and O–H groups in total. The van der Waals surface area contributed by atoms with Crippen molar-refractivity contribution in [3.63, 3.8) is 0 Å². The summed E-state index contributed by atoms with van der Waals surface area (Å²) >= 11 is 0. The van der Waals surface area contributed by atoms with Crippen molar-refractivity contribution >= 4 is 5.78 Å². The highest BCUT2D eigenvalue weighted by Crippen LogP contribution is 2.32. The number of carbonyl (C=O) groups is 1. The van der Waals surface area contributed by atoms with Gasteiger partial charge in [-0.25, -0.2) is 0 Å². The molecular weight excluding hydrogens is 296 g/mol. The monoisotopic (exact) mass is 322 g/mol. The molecule has 2 aromatic rings. The van der Waals surface area contributed by atoms with Crippen LogP contribution >= 0.6 is 0 Å². The van der Waals surface area contributed by atoms with Gasteiger partial charge in [-0.3, -0.25) is 4.79 Å². The van der Waals surface area contributed by atoms with Crippen LogP contribution in [0.1, 0.15) is 48.0 Å². The van der Waals surface area contributed by atoms with Crippen LogP contribution in [0.4, 0.5) is 0 Å². The minimum Gasteiger partial charge on any atom is -0.392 e. The fourth-order valence-corrected chi connectivity index (χ4v) is 3.86. The van der Waals surface area contributed by atoms with Crippen molar-refractivity contribution in [2.75, 3.05) is 0 Å². The van der Waals surface area contributed by atoms with E-state index >= 15 is 0 Å². The lowest BCUT2D eigenvalue weighted by molar-refractivity contribution is 0.0310. The van der Waals surface area contributed by atoms with Crippen molar-refractivity contribution < 1.29 is 9.90 Å². The van der Waals surface area contributed by atoms with Gasteiger partial charge < -0.3 is 5.11 Å². The normalized spacial score (nSPS) is 18.0. The van der Waals surface area contributed by atoms with E-state index in [2.05, 4.69) is 0 Å². The average molecular weight is 322 g/mol. The van der Waals surface area contributed by atoms with Gasteiger partial charge in [-0.1, -0.05) is 79.9 Å². The predicted octanol–water partition coefficient (Wildman–Crippen LogP) is 4.67. The zero-order valence-corrected chi connectivity index (χ0v) is 14.1. The highest BCUT2D eigenvalue weighted by molar-refractivity contribution is 5.98. The maximum Gasteiger partial charge on any atom is 0.168 e. The molecule has 2 nitrogen and oxygen atoms in total. The van der Waals surface area contributed by atoms with Gasteiger partial charge in [0.05, 0.1) is 12.0 Å². The lowest BCUT2D eigenvalue weighted by Crippen LogP contribution is -2.37. The van der Waals surface area contributed by atoms with Crippen molar-refractivity contribution in [2.45, 2.75) is 44.6 Å². The lowest BCUT2D eigenvalue weighted by Gasteiger charge is -2.32. The topological polar surface area (TPSA) is 37.3 Å². The molecule has 1 fully saturated rings. The number of carbonyl (C=O) groups excluding carboxylic acids is 1. The molecule has 126 valence electrons. The largest absolute Gasteiger partial charge is 0.392 e. The van der Waals surface area contributed by atoms with E-state index in [1.807, 2.05) is 60.7 Å². The molecule has 0 aromatic heterocycles. The summed E-state index contributed by atoms with van der Waals surface area (Å²) in [5, 5.41) is 11.0. The van der Waals surface area contributed by atoms with Crippen LogP contribution in [0.5, 0.6) is 0 Å². The number of aliphatic hydroxyl groups excluding tert-OH is 1. The van der Waals surface area contributed by atoms with Gasteiger partial charge in [0.2, 0.25) is 0 Å². The van der Waals surface area contributed by atoms with Gasteiger partial charge in [-0.15, -0.1) is 0 Å². The molecule has 0 unspecified atom stereocenters. The Balaban J connectivity index is 1.83. The Morgan fingerprint density at radius 1 is 0.917 bits per heavy atom. The summed E-state index contributed by atoms with van der Waals surface area (Å²) in [5.74, 6) is -0.0458. The van der Waals surface area contributed by atoms with Gasteiger partial charge in [-0.2, -0.15) is 0 Å². The van der Waals surface area contributed by atoms with Gasteiger partial charge in [0, 0.05) is 5.56 Å². The van der Waals surface area contributed by atoms with Gasteiger partial charge in [-0.05, 0) is 30.7 Å². The van der Waals surface area contributed by atoms with Crippen molar-refractivity contribution in [3.05, 3.63) is 71.8 Å². The SMILES string of the molecule is O=C(c1ccccc1)[C@H](Cc1ccccc1)[C@@H](O)C1CCCCC1. The molecule has 3 rings (SSSR count). The fraction of sp³-hybridized carbons (Fsp3) is 0.409. The molecule has 2 heteroatoms.